The monoisotopic (exact) mass is 405 g/mol. The summed E-state index contributed by atoms with van der Waals surface area (Å²) in [5.41, 5.74) is 1.06. The number of aliphatic hydroxyl groups excluding tert-OH is 1. The highest BCUT2D eigenvalue weighted by atomic mass is 16.5. The van der Waals surface area contributed by atoms with Crippen molar-refractivity contribution in [3.05, 3.63) is 48.0 Å². The molecule has 0 aliphatic heterocycles. The quantitative estimate of drug-likeness (QED) is 0.514. The molecule has 0 saturated heterocycles. The largest absolute Gasteiger partial charge is 0.497 e. The minimum Gasteiger partial charge on any atom is -0.497 e. The van der Waals surface area contributed by atoms with Crippen molar-refractivity contribution >= 4 is 0 Å². The van der Waals surface area contributed by atoms with Gasteiger partial charge in [-0.1, -0.05) is 6.07 Å². The molecule has 0 radical (unpaired) electrons. The smallest absolute Gasteiger partial charge is 0.161 e. The molecule has 0 spiro atoms. The van der Waals surface area contributed by atoms with E-state index >= 15 is 0 Å². The van der Waals surface area contributed by atoms with Crippen molar-refractivity contribution in [3.63, 3.8) is 0 Å². The number of benzene rings is 2. The van der Waals surface area contributed by atoms with E-state index in [1.54, 1.807) is 21.3 Å². The number of aliphatic hydroxyl groups is 1. The molecule has 0 bridgehead atoms. The average molecular weight is 405 g/mol. The lowest BCUT2D eigenvalue weighted by Gasteiger charge is -2.21. The molecular formula is C22H31NO6. The molecule has 7 heteroatoms. The summed E-state index contributed by atoms with van der Waals surface area (Å²) in [6.45, 7) is 2.30. The van der Waals surface area contributed by atoms with Gasteiger partial charge in [-0.3, -0.25) is 4.90 Å². The molecule has 1 atom stereocenters. The highest BCUT2D eigenvalue weighted by molar-refractivity contribution is 5.43. The summed E-state index contributed by atoms with van der Waals surface area (Å²) in [5.74, 6) is 2.82. The summed E-state index contributed by atoms with van der Waals surface area (Å²) >= 11 is 0. The van der Waals surface area contributed by atoms with Gasteiger partial charge < -0.3 is 28.8 Å². The van der Waals surface area contributed by atoms with Crippen LogP contribution in [0.5, 0.6) is 23.0 Å². The number of hydrogen-bond acceptors (Lipinski definition) is 7. The molecule has 0 heterocycles. The van der Waals surface area contributed by atoms with E-state index in [-0.39, 0.29) is 6.61 Å². The number of hydrogen-bond donors (Lipinski definition) is 1. The first-order valence-corrected chi connectivity index (χ1v) is 9.47. The zero-order valence-electron chi connectivity index (χ0n) is 17.6. The predicted octanol–water partition coefficient (Wildman–Crippen LogP) is 2.60. The van der Waals surface area contributed by atoms with E-state index in [0.29, 0.717) is 43.6 Å². The van der Waals surface area contributed by atoms with Gasteiger partial charge in [-0.25, -0.2) is 0 Å². The maximum atomic E-state index is 10.3. The first-order chi connectivity index (χ1) is 14.0. The zero-order valence-corrected chi connectivity index (χ0v) is 17.6. The van der Waals surface area contributed by atoms with Gasteiger partial charge in [0.05, 0.1) is 20.8 Å². The van der Waals surface area contributed by atoms with Crippen LogP contribution in [0.2, 0.25) is 0 Å². The van der Waals surface area contributed by atoms with Gasteiger partial charge in [-0.05, 0) is 49.0 Å². The third kappa shape index (κ3) is 7.81. The highest BCUT2D eigenvalue weighted by Gasteiger charge is 2.12. The van der Waals surface area contributed by atoms with Crippen LogP contribution in [0.1, 0.15) is 5.56 Å². The lowest BCUT2D eigenvalue weighted by molar-refractivity contribution is 0.0743. The summed E-state index contributed by atoms with van der Waals surface area (Å²) in [6, 6.07) is 13.1. The molecule has 1 unspecified atom stereocenters. The Labute approximate surface area is 172 Å². The Morgan fingerprint density at radius 2 is 1.59 bits per heavy atom. The third-order valence-corrected chi connectivity index (χ3v) is 4.25. The van der Waals surface area contributed by atoms with Gasteiger partial charge in [0.15, 0.2) is 11.5 Å². The topological polar surface area (TPSA) is 69.6 Å². The van der Waals surface area contributed by atoms with E-state index in [9.17, 15) is 5.11 Å². The van der Waals surface area contributed by atoms with Crippen LogP contribution in [0.25, 0.3) is 0 Å². The van der Waals surface area contributed by atoms with Crippen molar-refractivity contribution in [1.82, 2.24) is 4.90 Å². The van der Waals surface area contributed by atoms with E-state index in [1.807, 2.05) is 54.4 Å². The van der Waals surface area contributed by atoms with Crippen molar-refractivity contribution in [2.45, 2.75) is 12.6 Å². The van der Waals surface area contributed by atoms with Crippen molar-refractivity contribution in [2.75, 3.05) is 54.7 Å². The molecule has 7 nitrogen and oxygen atoms in total. The maximum absolute atomic E-state index is 10.3. The molecule has 29 heavy (non-hydrogen) atoms. The van der Waals surface area contributed by atoms with Gasteiger partial charge in [0.25, 0.3) is 0 Å². The number of methoxy groups -OCH3 is 3. The summed E-state index contributed by atoms with van der Waals surface area (Å²) in [6.07, 6.45) is -0.613. The first-order valence-electron chi connectivity index (χ1n) is 9.47. The van der Waals surface area contributed by atoms with E-state index in [0.717, 1.165) is 11.3 Å². The molecule has 0 aromatic heterocycles. The summed E-state index contributed by atoms with van der Waals surface area (Å²) in [7, 11) is 6.82. The van der Waals surface area contributed by atoms with Crippen LogP contribution in [0, 0.1) is 0 Å². The molecule has 2 aromatic rings. The lowest BCUT2D eigenvalue weighted by atomic mass is 10.2. The van der Waals surface area contributed by atoms with E-state index in [1.165, 1.54) is 0 Å². The van der Waals surface area contributed by atoms with Crippen LogP contribution in [0.15, 0.2) is 42.5 Å². The Balaban J connectivity index is 1.83. The highest BCUT2D eigenvalue weighted by Crippen LogP contribution is 2.28. The Morgan fingerprint density at radius 1 is 0.862 bits per heavy atom. The molecule has 2 rings (SSSR count). The van der Waals surface area contributed by atoms with Crippen molar-refractivity contribution < 1.29 is 28.8 Å². The Hall–Kier alpha value is -2.48. The average Bonchev–Trinajstić information content (AvgIpc) is 2.73. The van der Waals surface area contributed by atoms with E-state index in [4.69, 9.17) is 23.7 Å². The van der Waals surface area contributed by atoms with Gasteiger partial charge in [-0.15, -0.1) is 0 Å². The lowest BCUT2D eigenvalue weighted by Crippen LogP contribution is -2.32. The molecule has 1 N–H and O–H groups in total. The van der Waals surface area contributed by atoms with Gasteiger partial charge in [0, 0.05) is 20.2 Å². The van der Waals surface area contributed by atoms with Crippen LogP contribution in [0.4, 0.5) is 0 Å². The molecular weight excluding hydrogens is 374 g/mol. The fourth-order valence-electron chi connectivity index (χ4n) is 2.82. The van der Waals surface area contributed by atoms with Crippen molar-refractivity contribution in [2.24, 2.45) is 0 Å². The summed E-state index contributed by atoms with van der Waals surface area (Å²) < 4.78 is 26.9. The van der Waals surface area contributed by atoms with Crippen LogP contribution >= 0.6 is 0 Å². The van der Waals surface area contributed by atoms with Gasteiger partial charge in [-0.2, -0.15) is 0 Å². The van der Waals surface area contributed by atoms with Gasteiger partial charge in [0.1, 0.15) is 30.8 Å². The molecule has 160 valence electrons. The van der Waals surface area contributed by atoms with Gasteiger partial charge in [0.2, 0.25) is 0 Å². The molecule has 0 fully saturated rings. The second-order valence-corrected chi connectivity index (χ2v) is 6.66. The minimum atomic E-state index is -0.613. The van der Waals surface area contributed by atoms with Gasteiger partial charge >= 0.3 is 0 Å². The fraction of sp³-hybridized carbons (Fsp3) is 0.455. The third-order valence-electron chi connectivity index (χ3n) is 4.25. The minimum absolute atomic E-state index is 0.213. The number of rotatable bonds is 13. The van der Waals surface area contributed by atoms with Crippen LogP contribution in [-0.2, 0) is 11.3 Å². The second kappa shape index (κ2) is 12.2. The Morgan fingerprint density at radius 3 is 2.24 bits per heavy atom. The predicted molar refractivity (Wildman–Crippen MR) is 111 cm³/mol. The summed E-state index contributed by atoms with van der Waals surface area (Å²) in [5, 5.41) is 10.3. The Bertz CT molecular complexity index is 722. The van der Waals surface area contributed by atoms with Crippen LogP contribution in [0.3, 0.4) is 0 Å². The zero-order chi connectivity index (χ0) is 21.1. The standard InChI is InChI=1S/C22H31NO6/c1-23(15-18(24)16-29-20-8-6-19(26-3)7-9-20)14-17-5-10-21(27-4)22(13-17)28-12-11-25-2/h5-10,13,18,24H,11-12,14-16H2,1-4H3. The first kappa shape index (κ1) is 22.8. The molecule has 0 saturated carbocycles. The van der Waals surface area contributed by atoms with Crippen LogP contribution < -0.4 is 18.9 Å². The summed E-state index contributed by atoms with van der Waals surface area (Å²) in [4.78, 5) is 2.03. The molecule has 0 aliphatic carbocycles. The van der Waals surface area contributed by atoms with Crippen molar-refractivity contribution in [3.8, 4) is 23.0 Å². The normalized spacial score (nSPS) is 11.9. The molecule has 0 aliphatic rings. The number of ether oxygens (including phenoxy) is 5. The molecule has 0 amide bonds. The SMILES string of the molecule is COCCOc1cc(CN(C)CC(O)COc2ccc(OC)cc2)ccc1OC. The fourth-order valence-corrected chi connectivity index (χ4v) is 2.82. The maximum Gasteiger partial charge on any atom is 0.161 e. The Kier molecular flexibility index (Phi) is 9.56. The number of likely N-dealkylation sites (N-methyl/N-ethyl adjacent to an activating group) is 1. The van der Waals surface area contributed by atoms with E-state index in [2.05, 4.69) is 0 Å². The van der Waals surface area contributed by atoms with Crippen LogP contribution in [-0.4, -0.2) is 70.9 Å². The van der Waals surface area contributed by atoms with Crippen molar-refractivity contribution in [1.29, 1.82) is 0 Å². The van der Waals surface area contributed by atoms with E-state index < -0.39 is 6.10 Å². The molecule has 2 aromatic carbocycles. The second-order valence-electron chi connectivity index (χ2n) is 6.66. The number of nitrogens with zero attached hydrogens (tertiary/aromatic N) is 1.